The number of carbonyl (C=O) groups is 1. The van der Waals surface area contributed by atoms with Gasteiger partial charge in [0.2, 0.25) is 0 Å². The van der Waals surface area contributed by atoms with Crippen LogP contribution in [0, 0.1) is 5.82 Å². The minimum atomic E-state index is -0.700. The van der Waals surface area contributed by atoms with Crippen molar-refractivity contribution >= 4 is 6.09 Å². The van der Waals surface area contributed by atoms with Crippen molar-refractivity contribution < 1.29 is 19.0 Å². The minimum absolute atomic E-state index is 0.0804. The molecule has 1 aromatic carbocycles. The van der Waals surface area contributed by atoms with Crippen molar-refractivity contribution in [2.75, 3.05) is 0 Å². The second-order valence-electron chi connectivity index (χ2n) is 4.38. The van der Waals surface area contributed by atoms with E-state index in [0.717, 1.165) is 12.1 Å². The van der Waals surface area contributed by atoms with E-state index in [-0.39, 0.29) is 5.75 Å². The third-order valence-electron chi connectivity index (χ3n) is 1.60. The number of aromatic hydroxyl groups is 1. The zero-order chi connectivity index (χ0) is 12.3. The first-order valence-electron chi connectivity index (χ1n) is 4.76. The van der Waals surface area contributed by atoms with Crippen molar-refractivity contribution in [1.29, 1.82) is 0 Å². The van der Waals surface area contributed by atoms with Gasteiger partial charge in [0.25, 0.3) is 0 Å². The van der Waals surface area contributed by atoms with Crippen molar-refractivity contribution in [3.63, 3.8) is 0 Å². The van der Waals surface area contributed by atoms with Crippen LogP contribution in [0.15, 0.2) is 18.2 Å². The fraction of sp³-hybridized carbons (Fsp3) is 0.364. The molecule has 0 radical (unpaired) electrons. The summed E-state index contributed by atoms with van der Waals surface area (Å²) < 4.78 is 17.4. The maximum Gasteiger partial charge on any atom is 0.413 e. The molecule has 16 heavy (non-hydrogen) atoms. The molecule has 4 nitrogen and oxygen atoms in total. The molecule has 0 bridgehead atoms. The molecule has 0 atom stereocenters. The largest absolute Gasteiger partial charge is 0.504 e. The van der Waals surface area contributed by atoms with Crippen molar-refractivity contribution in [3.8, 4) is 11.5 Å². The van der Waals surface area contributed by atoms with E-state index in [0.29, 0.717) is 0 Å². The summed E-state index contributed by atoms with van der Waals surface area (Å²) in [4.78, 5) is 11.3. The van der Waals surface area contributed by atoms with Gasteiger partial charge in [0.15, 0.2) is 11.5 Å². The Balaban J connectivity index is 2.70. The molecule has 0 heterocycles. The van der Waals surface area contributed by atoms with Crippen molar-refractivity contribution in [1.82, 2.24) is 5.32 Å². The van der Waals surface area contributed by atoms with Gasteiger partial charge in [-0.1, -0.05) is 0 Å². The summed E-state index contributed by atoms with van der Waals surface area (Å²) in [5.74, 6) is -1.09. The Labute approximate surface area is 93.0 Å². The van der Waals surface area contributed by atoms with Crippen LogP contribution in [0.2, 0.25) is 0 Å². The van der Waals surface area contributed by atoms with Gasteiger partial charge in [-0.15, -0.1) is 0 Å². The van der Waals surface area contributed by atoms with E-state index in [1.807, 2.05) is 0 Å². The molecule has 2 N–H and O–H groups in total. The molecule has 88 valence electrons. The van der Waals surface area contributed by atoms with Crippen LogP contribution >= 0.6 is 0 Å². The number of halogens is 1. The molecule has 1 amide bonds. The van der Waals surface area contributed by atoms with Crippen molar-refractivity contribution in [3.05, 3.63) is 24.0 Å². The van der Waals surface area contributed by atoms with Gasteiger partial charge < -0.3 is 15.2 Å². The first-order chi connectivity index (χ1) is 7.28. The lowest BCUT2D eigenvalue weighted by Gasteiger charge is -2.19. The molecule has 5 heteroatoms. The van der Waals surface area contributed by atoms with Gasteiger partial charge in [0.05, 0.1) is 0 Å². The van der Waals surface area contributed by atoms with Gasteiger partial charge in [-0.2, -0.15) is 0 Å². The topological polar surface area (TPSA) is 58.6 Å². The molecule has 0 saturated heterocycles. The van der Waals surface area contributed by atoms with E-state index >= 15 is 0 Å². The maximum atomic E-state index is 12.6. The number of carbonyl (C=O) groups excluding carboxylic acids is 1. The zero-order valence-corrected chi connectivity index (χ0v) is 9.37. The van der Waals surface area contributed by atoms with Crippen molar-refractivity contribution in [2.24, 2.45) is 0 Å². The molecule has 0 aliphatic heterocycles. The molecule has 0 aliphatic rings. The number of benzene rings is 1. The third-order valence-corrected chi connectivity index (χ3v) is 1.60. The highest BCUT2D eigenvalue weighted by Gasteiger charge is 2.16. The second-order valence-corrected chi connectivity index (χ2v) is 4.38. The lowest BCUT2D eigenvalue weighted by atomic mass is 10.1. The van der Waals surface area contributed by atoms with Crippen LogP contribution in [0.5, 0.6) is 11.5 Å². The maximum absolute atomic E-state index is 12.6. The summed E-state index contributed by atoms with van der Waals surface area (Å²) in [5.41, 5.74) is -0.438. The Morgan fingerprint density at radius 2 is 2.06 bits per heavy atom. The summed E-state index contributed by atoms with van der Waals surface area (Å²) in [6.45, 7) is 5.37. The van der Waals surface area contributed by atoms with E-state index < -0.39 is 23.2 Å². The van der Waals surface area contributed by atoms with Crippen LogP contribution in [0.25, 0.3) is 0 Å². The second kappa shape index (κ2) is 4.38. The van der Waals surface area contributed by atoms with Gasteiger partial charge in [-0.05, 0) is 32.9 Å². The molecule has 1 aromatic rings. The Hall–Kier alpha value is -1.78. The number of amides is 1. The number of rotatable bonds is 1. The molecule has 0 spiro atoms. The predicted octanol–water partition coefficient (Wildman–Crippen LogP) is 2.42. The molecule has 0 saturated carbocycles. The predicted molar refractivity (Wildman–Crippen MR) is 57.0 cm³/mol. The molecule has 0 fully saturated rings. The molecule has 0 aromatic heterocycles. The Morgan fingerprint density at radius 3 is 2.56 bits per heavy atom. The van der Waals surface area contributed by atoms with Crippen LogP contribution in [-0.2, 0) is 0 Å². The quantitative estimate of drug-likeness (QED) is 0.774. The smallest absolute Gasteiger partial charge is 0.413 e. The van der Waals surface area contributed by atoms with Crippen LogP contribution in [0.1, 0.15) is 20.8 Å². The third kappa shape index (κ3) is 3.76. The number of hydrogen-bond acceptors (Lipinski definition) is 3. The van der Waals surface area contributed by atoms with E-state index in [1.54, 1.807) is 20.8 Å². The fourth-order valence-corrected chi connectivity index (χ4v) is 1.01. The van der Waals surface area contributed by atoms with Gasteiger partial charge in [-0.25, -0.2) is 9.18 Å². The summed E-state index contributed by atoms with van der Waals surface area (Å²) >= 11 is 0. The molecule has 0 aliphatic carbocycles. The highest BCUT2D eigenvalue weighted by Crippen LogP contribution is 2.26. The first-order valence-corrected chi connectivity index (χ1v) is 4.76. The van der Waals surface area contributed by atoms with Gasteiger partial charge in [0, 0.05) is 11.6 Å². The lowest BCUT2D eigenvalue weighted by molar-refractivity contribution is 0.188. The number of phenols is 1. The van der Waals surface area contributed by atoms with Crippen molar-refractivity contribution in [2.45, 2.75) is 26.3 Å². The van der Waals surface area contributed by atoms with E-state index in [4.69, 9.17) is 4.74 Å². The lowest BCUT2D eigenvalue weighted by Crippen LogP contribution is -2.42. The average Bonchev–Trinajstić information content (AvgIpc) is 2.06. The van der Waals surface area contributed by atoms with Gasteiger partial charge in [0.1, 0.15) is 5.82 Å². The van der Waals surface area contributed by atoms with E-state index in [9.17, 15) is 14.3 Å². The Kier molecular flexibility index (Phi) is 3.37. The van der Waals surface area contributed by atoms with Gasteiger partial charge >= 0.3 is 6.09 Å². The SMILES string of the molecule is CC(C)(C)NC(=O)Oc1ccc(F)cc1O. The minimum Gasteiger partial charge on any atom is -0.504 e. The number of nitrogens with one attached hydrogen (secondary N) is 1. The highest BCUT2D eigenvalue weighted by molar-refractivity contribution is 5.72. The summed E-state index contributed by atoms with van der Waals surface area (Å²) in [5, 5.41) is 11.8. The molecular formula is C11H14FNO3. The monoisotopic (exact) mass is 227 g/mol. The van der Waals surface area contributed by atoms with Gasteiger partial charge in [-0.3, -0.25) is 0 Å². The van der Waals surface area contributed by atoms with E-state index in [2.05, 4.69) is 5.32 Å². The summed E-state index contributed by atoms with van der Waals surface area (Å²) in [6.07, 6.45) is -0.700. The first kappa shape index (κ1) is 12.3. The molecule has 0 unspecified atom stereocenters. The number of hydrogen-bond donors (Lipinski definition) is 2. The summed E-state index contributed by atoms with van der Waals surface area (Å²) in [6, 6.07) is 3.16. The average molecular weight is 227 g/mol. The standard InChI is InChI=1S/C11H14FNO3/c1-11(2,3)13-10(15)16-9-5-4-7(12)6-8(9)14/h4-6,14H,1-3H3,(H,13,15). The van der Waals surface area contributed by atoms with Crippen LogP contribution in [0.3, 0.4) is 0 Å². The number of ether oxygens (including phenoxy) is 1. The molecular weight excluding hydrogens is 213 g/mol. The van der Waals surface area contributed by atoms with Crippen LogP contribution in [-0.4, -0.2) is 16.7 Å². The Morgan fingerprint density at radius 1 is 1.44 bits per heavy atom. The highest BCUT2D eigenvalue weighted by atomic mass is 19.1. The molecule has 1 rings (SSSR count). The fourth-order valence-electron chi connectivity index (χ4n) is 1.01. The van der Waals surface area contributed by atoms with Crippen LogP contribution in [0.4, 0.5) is 9.18 Å². The van der Waals surface area contributed by atoms with E-state index in [1.165, 1.54) is 6.07 Å². The summed E-state index contributed by atoms with van der Waals surface area (Å²) in [7, 11) is 0. The number of phenolic OH excluding ortho intramolecular Hbond substituents is 1. The Bertz CT molecular complexity index is 399. The normalized spacial score (nSPS) is 11.0. The zero-order valence-electron chi connectivity index (χ0n) is 9.37. The van der Waals surface area contributed by atoms with Crippen LogP contribution < -0.4 is 10.1 Å².